The summed E-state index contributed by atoms with van der Waals surface area (Å²) in [7, 11) is 0. The van der Waals surface area contributed by atoms with Gasteiger partial charge in [-0.1, -0.05) is 26.7 Å². The van der Waals surface area contributed by atoms with Crippen molar-refractivity contribution in [3.63, 3.8) is 0 Å². The van der Waals surface area contributed by atoms with E-state index in [4.69, 9.17) is 4.74 Å². The fraction of sp³-hybridized carbons (Fsp3) is 0.722. The lowest BCUT2D eigenvalue weighted by atomic mass is 9.76. The molecular weight excluding hydrogens is 260 g/mol. The van der Waals surface area contributed by atoms with Crippen LogP contribution in [0.2, 0.25) is 0 Å². The van der Waals surface area contributed by atoms with Gasteiger partial charge in [0.05, 0.1) is 12.8 Å². The van der Waals surface area contributed by atoms with E-state index in [1.807, 2.05) is 19.3 Å². The van der Waals surface area contributed by atoms with Crippen LogP contribution in [0.15, 0.2) is 18.5 Å². The standard InChI is InChI=1S/C18H30N2O/c1-4-21-17-9-16(12-20-13-17)18-8-6-5-7-15(18)11-19-10-14(2)3/h9,12-15,18-19H,4-8,10-11H2,1-3H3. The number of aromatic nitrogens is 1. The van der Waals surface area contributed by atoms with Gasteiger partial charge in [0.1, 0.15) is 5.75 Å². The average molecular weight is 290 g/mol. The van der Waals surface area contributed by atoms with Gasteiger partial charge in [-0.15, -0.1) is 0 Å². The lowest BCUT2D eigenvalue weighted by molar-refractivity contribution is 0.289. The first kappa shape index (κ1) is 16.3. The second-order valence-corrected chi connectivity index (χ2v) is 6.59. The summed E-state index contributed by atoms with van der Waals surface area (Å²) in [6.45, 7) is 9.49. The topological polar surface area (TPSA) is 34.1 Å². The van der Waals surface area contributed by atoms with E-state index in [1.165, 1.54) is 31.2 Å². The minimum Gasteiger partial charge on any atom is -0.492 e. The van der Waals surface area contributed by atoms with E-state index in [0.717, 1.165) is 30.7 Å². The molecule has 2 unspecified atom stereocenters. The zero-order valence-electron chi connectivity index (χ0n) is 13.8. The van der Waals surface area contributed by atoms with E-state index in [1.54, 1.807) is 0 Å². The van der Waals surface area contributed by atoms with Crippen LogP contribution in [0.4, 0.5) is 0 Å². The third-order valence-corrected chi connectivity index (χ3v) is 4.34. The van der Waals surface area contributed by atoms with E-state index >= 15 is 0 Å². The quantitative estimate of drug-likeness (QED) is 0.824. The Morgan fingerprint density at radius 1 is 1.29 bits per heavy atom. The second kappa shape index (κ2) is 8.38. The second-order valence-electron chi connectivity index (χ2n) is 6.59. The Hall–Kier alpha value is -1.09. The SMILES string of the molecule is CCOc1cncc(C2CCCCC2CNCC(C)C)c1. The first-order valence-corrected chi connectivity index (χ1v) is 8.49. The maximum Gasteiger partial charge on any atom is 0.137 e. The summed E-state index contributed by atoms with van der Waals surface area (Å²) in [5.41, 5.74) is 1.36. The van der Waals surface area contributed by atoms with Crippen molar-refractivity contribution >= 4 is 0 Å². The molecule has 1 saturated carbocycles. The molecule has 0 spiro atoms. The third-order valence-electron chi connectivity index (χ3n) is 4.34. The number of nitrogens with one attached hydrogen (secondary N) is 1. The van der Waals surface area contributed by atoms with Gasteiger partial charge in [0.15, 0.2) is 0 Å². The molecule has 2 atom stereocenters. The van der Waals surface area contributed by atoms with E-state index < -0.39 is 0 Å². The molecule has 0 amide bonds. The summed E-state index contributed by atoms with van der Waals surface area (Å²) >= 11 is 0. The highest BCUT2D eigenvalue weighted by Gasteiger charge is 2.26. The van der Waals surface area contributed by atoms with Gasteiger partial charge in [-0.05, 0) is 62.2 Å². The van der Waals surface area contributed by atoms with Crippen molar-refractivity contribution in [2.75, 3.05) is 19.7 Å². The van der Waals surface area contributed by atoms with Crippen LogP contribution in [0.3, 0.4) is 0 Å². The highest BCUT2D eigenvalue weighted by Crippen LogP contribution is 2.38. The molecule has 1 fully saturated rings. The molecule has 0 radical (unpaired) electrons. The fourth-order valence-corrected chi connectivity index (χ4v) is 3.33. The Morgan fingerprint density at radius 3 is 2.86 bits per heavy atom. The molecule has 1 aliphatic rings. The highest BCUT2D eigenvalue weighted by atomic mass is 16.5. The van der Waals surface area contributed by atoms with Crippen LogP contribution in [0.5, 0.6) is 5.75 Å². The zero-order valence-corrected chi connectivity index (χ0v) is 13.8. The number of pyridine rings is 1. The van der Waals surface area contributed by atoms with Crippen molar-refractivity contribution in [2.45, 2.75) is 52.4 Å². The van der Waals surface area contributed by atoms with Crippen molar-refractivity contribution < 1.29 is 4.74 Å². The summed E-state index contributed by atoms with van der Waals surface area (Å²) in [6.07, 6.45) is 9.17. The Balaban J connectivity index is 2.01. The van der Waals surface area contributed by atoms with Gasteiger partial charge in [0.25, 0.3) is 0 Å². The summed E-state index contributed by atoms with van der Waals surface area (Å²) in [5, 5.41) is 3.64. The van der Waals surface area contributed by atoms with Crippen LogP contribution in [-0.2, 0) is 0 Å². The number of nitrogens with zero attached hydrogens (tertiary/aromatic N) is 1. The molecule has 118 valence electrons. The van der Waals surface area contributed by atoms with Crippen LogP contribution in [0, 0.1) is 11.8 Å². The molecule has 1 aliphatic carbocycles. The van der Waals surface area contributed by atoms with Crippen molar-refractivity contribution in [3.8, 4) is 5.75 Å². The van der Waals surface area contributed by atoms with E-state index in [-0.39, 0.29) is 0 Å². The fourth-order valence-electron chi connectivity index (χ4n) is 3.33. The summed E-state index contributed by atoms with van der Waals surface area (Å²) < 4.78 is 5.61. The van der Waals surface area contributed by atoms with Crippen molar-refractivity contribution in [1.82, 2.24) is 10.3 Å². The summed E-state index contributed by atoms with van der Waals surface area (Å²) in [5.74, 6) is 2.99. The first-order chi connectivity index (χ1) is 10.2. The van der Waals surface area contributed by atoms with Crippen LogP contribution in [0.25, 0.3) is 0 Å². The Labute approximate surface area is 129 Å². The molecule has 3 nitrogen and oxygen atoms in total. The number of hydrogen-bond acceptors (Lipinski definition) is 3. The molecule has 1 aromatic heterocycles. The lowest BCUT2D eigenvalue weighted by Gasteiger charge is -2.32. The smallest absolute Gasteiger partial charge is 0.137 e. The normalized spacial score (nSPS) is 22.5. The van der Waals surface area contributed by atoms with Gasteiger partial charge in [-0.25, -0.2) is 0 Å². The lowest BCUT2D eigenvalue weighted by Crippen LogP contribution is -2.31. The Morgan fingerprint density at radius 2 is 2.10 bits per heavy atom. The molecular formula is C18H30N2O. The van der Waals surface area contributed by atoms with Gasteiger partial charge in [-0.2, -0.15) is 0 Å². The third kappa shape index (κ3) is 4.99. The van der Waals surface area contributed by atoms with Gasteiger partial charge in [0.2, 0.25) is 0 Å². The predicted molar refractivity (Wildman–Crippen MR) is 87.8 cm³/mol. The van der Waals surface area contributed by atoms with E-state index in [0.29, 0.717) is 12.5 Å². The largest absolute Gasteiger partial charge is 0.492 e. The van der Waals surface area contributed by atoms with Gasteiger partial charge < -0.3 is 10.1 Å². The van der Waals surface area contributed by atoms with Crippen LogP contribution < -0.4 is 10.1 Å². The van der Waals surface area contributed by atoms with Gasteiger partial charge in [0, 0.05) is 6.20 Å². The molecule has 0 aromatic carbocycles. The average Bonchev–Trinajstić information content (AvgIpc) is 2.48. The van der Waals surface area contributed by atoms with Crippen molar-refractivity contribution in [2.24, 2.45) is 11.8 Å². The molecule has 1 N–H and O–H groups in total. The Bertz CT molecular complexity index is 419. The highest BCUT2D eigenvalue weighted by molar-refractivity contribution is 5.27. The molecule has 21 heavy (non-hydrogen) atoms. The number of rotatable bonds is 7. The molecule has 1 aromatic rings. The number of ether oxygens (including phenoxy) is 1. The minimum absolute atomic E-state index is 0.631. The van der Waals surface area contributed by atoms with Gasteiger partial charge >= 0.3 is 0 Å². The number of hydrogen-bond donors (Lipinski definition) is 1. The van der Waals surface area contributed by atoms with Crippen LogP contribution >= 0.6 is 0 Å². The maximum atomic E-state index is 5.61. The molecule has 3 heteroatoms. The van der Waals surface area contributed by atoms with Crippen LogP contribution in [-0.4, -0.2) is 24.7 Å². The monoisotopic (exact) mass is 290 g/mol. The maximum absolute atomic E-state index is 5.61. The molecule has 1 heterocycles. The van der Waals surface area contributed by atoms with E-state index in [9.17, 15) is 0 Å². The molecule has 2 rings (SSSR count). The molecule has 0 saturated heterocycles. The van der Waals surface area contributed by atoms with Crippen molar-refractivity contribution in [3.05, 3.63) is 24.0 Å². The summed E-state index contributed by atoms with van der Waals surface area (Å²) in [4.78, 5) is 4.38. The first-order valence-electron chi connectivity index (χ1n) is 8.49. The zero-order chi connectivity index (χ0) is 15.1. The van der Waals surface area contributed by atoms with Gasteiger partial charge in [-0.3, -0.25) is 4.98 Å². The predicted octanol–water partition coefficient (Wildman–Crippen LogP) is 4.00. The minimum atomic E-state index is 0.631. The van der Waals surface area contributed by atoms with Crippen LogP contribution in [0.1, 0.15) is 57.9 Å². The molecule has 0 aliphatic heterocycles. The van der Waals surface area contributed by atoms with E-state index in [2.05, 4.69) is 30.2 Å². The molecule has 0 bridgehead atoms. The summed E-state index contributed by atoms with van der Waals surface area (Å²) in [6, 6.07) is 2.20. The Kier molecular flexibility index (Phi) is 6.50. The van der Waals surface area contributed by atoms with Crippen molar-refractivity contribution in [1.29, 1.82) is 0 Å².